The van der Waals surface area contributed by atoms with E-state index in [9.17, 15) is 9.90 Å². The molecule has 0 bridgehead atoms. The Morgan fingerprint density at radius 3 is 2.00 bits per heavy atom. The van der Waals surface area contributed by atoms with Crippen LogP contribution in [-0.4, -0.2) is 46.2 Å². The Morgan fingerprint density at radius 2 is 1.50 bits per heavy atom. The number of carbonyl (C=O) groups excluding carboxylic acids is 1. The lowest BCUT2D eigenvalue weighted by atomic mass is 10.1. The Bertz CT molecular complexity index is 612. The van der Waals surface area contributed by atoms with Crippen LogP contribution < -0.4 is 0 Å². The van der Waals surface area contributed by atoms with Crippen molar-refractivity contribution in [3.63, 3.8) is 0 Å². The quantitative estimate of drug-likeness (QED) is 0.321. The summed E-state index contributed by atoms with van der Waals surface area (Å²) in [5, 5.41) is 10.3. The minimum absolute atomic E-state index is 0.0267. The van der Waals surface area contributed by atoms with Gasteiger partial charge in [0.25, 0.3) is 0 Å². The molecule has 1 rings (SSSR count). The van der Waals surface area contributed by atoms with Gasteiger partial charge >= 0.3 is 5.97 Å². The van der Waals surface area contributed by atoms with Crippen molar-refractivity contribution in [2.24, 2.45) is 0 Å². The van der Waals surface area contributed by atoms with Gasteiger partial charge in [-0.15, -0.1) is 0 Å². The van der Waals surface area contributed by atoms with Gasteiger partial charge in [-0.3, -0.25) is 4.79 Å². The molecule has 0 aliphatic carbocycles. The van der Waals surface area contributed by atoms with Crippen LogP contribution in [0.3, 0.4) is 0 Å². The Morgan fingerprint density at radius 1 is 0.969 bits per heavy atom. The third-order valence-electron chi connectivity index (χ3n) is 7.19. The topological polar surface area (TPSA) is 65.0 Å². The molecule has 1 unspecified atom stereocenters. The van der Waals surface area contributed by atoms with E-state index in [-0.39, 0.29) is 29.6 Å². The maximum atomic E-state index is 12.3. The minimum Gasteiger partial charge on any atom is -0.436 e. The van der Waals surface area contributed by atoms with Crippen molar-refractivity contribution in [2.45, 2.75) is 128 Å². The molecule has 3 atom stereocenters. The Balaban J connectivity index is 3.08. The fourth-order valence-corrected chi connectivity index (χ4v) is 7.81. The molecule has 5 nitrogen and oxygen atoms in total. The van der Waals surface area contributed by atoms with Gasteiger partial charge in [-0.25, -0.2) is 0 Å². The molecule has 1 aliphatic heterocycles. The molecule has 186 valence electrons. The second-order valence-electron chi connectivity index (χ2n) is 10.5. The maximum Gasteiger partial charge on any atom is 0.308 e. The van der Waals surface area contributed by atoms with Gasteiger partial charge in [-0.05, 0) is 55.5 Å². The Kier molecular flexibility index (Phi) is 12.1. The molecule has 0 aromatic heterocycles. The summed E-state index contributed by atoms with van der Waals surface area (Å²) in [7, 11) is -3.74. The second-order valence-corrected chi connectivity index (χ2v) is 20.0. The van der Waals surface area contributed by atoms with Crippen LogP contribution in [0.5, 0.6) is 0 Å². The van der Waals surface area contributed by atoms with Crippen LogP contribution in [0.25, 0.3) is 0 Å². The third kappa shape index (κ3) is 9.63. The predicted molar refractivity (Wildman–Crippen MR) is 138 cm³/mol. The first-order valence-corrected chi connectivity index (χ1v) is 17.9. The smallest absolute Gasteiger partial charge is 0.308 e. The van der Waals surface area contributed by atoms with E-state index in [1.807, 2.05) is 6.08 Å². The number of ether oxygens (including phenoxy) is 1. The zero-order valence-corrected chi connectivity index (χ0v) is 23.8. The number of rotatable bonds is 7. The SMILES string of the molecule is CC[Si](CC)(CC)OC1/C=C\C=C\[C@H](O[Si](C)(C)C(C)(C)C)CCC[C@H](O)OC(=O)CC1. The van der Waals surface area contributed by atoms with Gasteiger partial charge in [-0.2, -0.15) is 0 Å². The molecule has 0 fully saturated rings. The van der Waals surface area contributed by atoms with E-state index in [1.165, 1.54) is 0 Å². The molecule has 0 aromatic carbocycles. The first-order valence-electron chi connectivity index (χ1n) is 12.5. The van der Waals surface area contributed by atoms with Gasteiger partial charge in [0, 0.05) is 12.8 Å². The first-order chi connectivity index (χ1) is 14.9. The van der Waals surface area contributed by atoms with Crippen LogP contribution in [0.15, 0.2) is 24.3 Å². The average Bonchev–Trinajstić information content (AvgIpc) is 2.71. The lowest BCUT2D eigenvalue weighted by Gasteiger charge is -2.38. The van der Waals surface area contributed by atoms with Crippen LogP contribution in [0.1, 0.15) is 73.6 Å². The number of carbonyl (C=O) groups is 1. The molecular formula is C25H48O5Si2. The molecule has 1 N–H and O–H groups in total. The lowest BCUT2D eigenvalue weighted by Crippen LogP contribution is -2.43. The van der Waals surface area contributed by atoms with Gasteiger partial charge in [0.1, 0.15) is 0 Å². The number of aliphatic hydroxyl groups excluding tert-OH is 1. The zero-order valence-electron chi connectivity index (χ0n) is 21.8. The van der Waals surface area contributed by atoms with Crippen LogP contribution in [0.4, 0.5) is 0 Å². The highest BCUT2D eigenvalue weighted by Gasteiger charge is 2.38. The molecule has 0 aromatic rings. The Hall–Kier alpha value is -0.736. The van der Waals surface area contributed by atoms with E-state index >= 15 is 0 Å². The predicted octanol–water partition coefficient (Wildman–Crippen LogP) is 6.71. The van der Waals surface area contributed by atoms with Crippen LogP contribution in [0.2, 0.25) is 36.3 Å². The number of aliphatic hydroxyl groups is 1. The van der Waals surface area contributed by atoms with Crippen molar-refractivity contribution in [1.29, 1.82) is 0 Å². The van der Waals surface area contributed by atoms with Crippen molar-refractivity contribution in [3.8, 4) is 0 Å². The van der Waals surface area contributed by atoms with Gasteiger partial charge in [0.05, 0.1) is 12.2 Å². The van der Waals surface area contributed by atoms with Gasteiger partial charge in [0.15, 0.2) is 16.6 Å². The van der Waals surface area contributed by atoms with Crippen LogP contribution in [-0.2, 0) is 18.4 Å². The fourth-order valence-electron chi connectivity index (χ4n) is 3.66. The van der Waals surface area contributed by atoms with E-state index < -0.39 is 22.9 Å². The summed E-state index contributed by atoms with van der Waals surface area (Å²) in [6.45, 7) is 17.9. The van der Waals surface area contributed by atoms with Gasteiger partial charge < -0.3 is 18.7 Å². The zero-order chi connectivity index (χ0) is 24.4. The van der Waals surface area contributed by atoms with E-state index in [4.69, 9.17) is 13.6 Å². The highest BCUT2D eigenvalue weighted by molar-refractivity contribution is 6.74. The maximum absolute atomic E-state index is 12.3. The fraction of sp³-hybridized carbons (Fsp3) is 0.800. The highest BCUT2D eigenvalue weighted by atomic mass is 28.4. The van der Waals surface area contributed by atoms with E-state index in [0.29, 0.717) is 12.8 Å². The largest absolute Gasteiger partial charge is 0.436 e. The molecular weight excluding hydrogens is 436 g/mol. The lowest BCUT2D eigenvalue weighted by molar-refractivity contribution is -0.169. The van der Waals surface area contributed by atoms with Crippen LogP contribution in [0, 0.1) is 0 Å². The number of allylic oxidation sites excluding steroid dienone is 2. The van der Waals surface area contributed by atoms with E-state index in [2.05, 4.69) is 72.9 Å². The summed E-state index contributed by atoms with van der Waals surface area (Å²) >= 11 is 0. The Labute approximate surface area is 198 Å². The van der Waals surface area contributed by atoms with Crippen molar-refractivity contribution in [1.82, 2.24) is 0 Å². The molecule has 0 spiro atoms. The standard InChI is InChI=1S/C25H48O5Si2/c1-9-32(10-2,11-3)30-22-16-13-12-15-21(29-31(7,8)25(4,5)6)17-14-18-23(26)28-24(27)20-19-22/h12-13,15-16,21-23,26H,9-11,14,17-20H2,1-8H3/b15-12+,16-13-/t21-,22?,23+/m0/s1. The molecule has 7 heteroatoms. The number of hydrogen-bond donors (Lipinski definition) is 1. The summed E-state index contributed by atoms with van der Waals surface area (Å²) in [4.78, 5) is 12.3. The second kappa shape index (κ2) is 13.2. The normalized spacial score (nSPS) is 26.8. The van der Waals surface area contributed by atoms with Crippen molar-refractivity contribution in [2.75, 3.05) is 0 Å². The summed E-state index contributed by atoms with van der Waals surface area (Å²) in [6.07, 6.45) is 9.82. The molecule has 0 amide bonds. The molecule has 0 radical (unpaired) electrons. The molecule has 32 heavy (non-hydrogen) atoms. The molecule has 1 heterocycles. The van der Waals surface area contributed by atoms with Gasteiger partial charge in [0.2, 0.25) is 6.29 Å². The summed E-state index contributed by atoms with van der Waals surface area (Å²) in [5.41, 5.74) is 0. The summed E-state index contributed by atoms with van der Waals surface area (Å²) < 4.78 is 18.5. The van der Waals surface area contributed by atoms with Crippen LogP contribution >= 0.6 is 0 Å². The summed E-state index contributed by atoms with van der Waals surface area (Å²) in [5.74, 6) is -0.363. The number of cyclic esters (lactones) is 1. The van der Waals surface area contributed by atoms with Gasteiger partial charge in [-0.1, -0.05) is 65.8 Å². The van der Waals surface area contributed by atoms with E-state index in [0.717, 1.165) is 31.0 Å². The van der Waals surface area contributed by atoms with E-state index in [1.54, 1.807) is 0 Å². The number of esters is 1. The molecule has 0 saturated heterocycles. The monoisotopic (exact) mass is 484 g/mol. The average molecular weight is 485 g/mol. The van der Waals surface area contributed by atoms with Crippen molar-refractivity contribution in [3.05, 3.63) is 24.3 Å². The first kappa shape index (κ1) is 29.3. The van der Waals surface area contributed by atoms with Crippen molar-refractivity contribution < 1.29 is 23.5 Å². The number of hydrogen-bond acceptors (Lipinski definition) is 5. The van der Waals surface area contributed by atoms with Crippen molar-refractivity contribution >= 4 is 22.6 Å². The summed E-state index contributed by atoms with van der Waals surface area (Å²) in [6, 6.07) is 3.18. The molecule has 0 saturated carbocycles. The minimum atomic E-state index is -1.93. The molecule has 1 aliphatic rings. The third-order valence-corrected chi connectivity index (χ3v) is 16.4. The highest BCUT2D eigenvalue weighted by Crippen LogP contribution is 2.38.